The van der Waals surface area contributed by atoms with E-state index in [9.17, 15) is 14.4 Å². The van der Waals surface area contributed by atoms with Crippen molar-refractivity contribution in [3.05, 3.63) is 59.7 Å². The van der Waals surface area contributed by atoms with Crippen LogP contribution in [0.4, 0.5) is 5.69 Å². The van der Waals surface area contributed by atoms with Crippen LogP contribution in [0.2, 0.25) is 0 Å². The third-order valence-electron chi connectivity index (χ3n) is 5.68. The van der Waals surface area contributed by atoms with Gasteiger partial charge in [0.15, 0.2) is 6.10 Å². The smallest absolute Gasteiger partial charge is 0.326 e. The van der Waals surface area contributed by atoms with Crippen LogP contribution in [0, 0.1) is 0 Å². The fourth-order valence-corrected chi connectivity index (χ4v) is 4.10. The van der Waals surface area contributed by atoms with Crippen LogP contribution >= 0.6 is 0 Å². The lowest BCUT2D eigenvalue weighted by atomic mass is 9.87. The van der Waals surface area contributed by atoms with Gasteiger partial charge >= 0.3 is 5.97 Å². The van der Waals surface area contributed by atoms with Crippen molar-refractivity contribution < 1.29 is 23.9 Å². The Morgan fingerprint density at radius 2 is 1.94 bits per heavy atom. The van der Waals surface area contributed by atoms with Gasteiger partial charge < -0.3 is 14.8 Å². The molecule has 1 aliphatic carbocycles. The predicted molar refractivity (Wildman–Crippen MR) is 115 cm³/mol. The number of ether oxygens (including phenoxy) is 2. The summed E-state index contributed by atoms with van der Waals surface area (Å²) < 4.78 is 10.9. The molecule has 2 aromatic carbocycles. The van der Waals surface area contributed by atoms with Crippen LogP contribution < -0.4 is 15.0 Å². The van der Waals surface area contributed by atoms with Crippen LogP contribution in [-0.2, 0) is 25.5 Å². The molecule has 1 aliphatic heterocycles. The topological polar surface area (TPSA) is 84.9 Å². The lowest BCUT2D eigenvalue weighted by Gasteiger charge is -2.27. The molecule has 0 radical (unpaired) electrons. The van der Waals surface area contributed by atoms with Crippen molar-refractivity contribution >= 4 is 23.5 Å². The van der Waals surface area contributed by atoms with Gasteiger partial charge in [-0.3, -0.25) is 19.3 Å². The molecule has 31 heavy (non-hydrogen) atoms. The Bertz CT molecular complexity index is 989. The summed E-state index contributed by atoms with van der Waals surface area (Å²) in [6.45, 7) is 1.52. The summed E-state index contributed by atoms with van der Waals surface area (Å²) in [6, 6.07) is 15.0. The molecule has 0 bridgehead atoms. The van der Waals surface area contributed by atoms with Gasteiger partial charge in [-0.15, -0.1) is 0 Å². The number of hydrogen-bond acceptors (Lipinski definition) is 5. The highest BCUT2D eigenvalue weighted by Gasteiger charge is 2.29. The first-order valence-electron chi connectivity index (χ1n) is 10.6. The second-order valence-corrected chi connectivity index (χ2v) is 7.83. The van der Waals surface area contributed by atoms with Gasteiger partial charge in [0.1, 0.15) is 12.3 Å². The maximum absolute atomic E-state index is 12.7. The summed E-state index contributed by atoms with van der Waals surface area (Å²) in [5.74, 6) is -0.668. The van der Waals surface area contributed by atoms with Gasteiger partial charge in [0.2, 0.25) is 5.91 Å². The average molecular weight is 422 g/mol. The third-order valence-corrected chi connectivity index (χ3v) is 5.68. The predicted octanol–water partition coefficient (Wildman–Crippen LogP) is 2.93. The largest absolute Gasteiger partial charge is 0.491 e. The Morgan fingerprint density at radius 3 is 2.81 bits per heavy atom. The quantitative estimate of drug-likeness (QED) is 0.749. The molecule has 0 saturated heterocycles. The summed E-state index contributed by atoms with van der Waals surface area (Å²) >= 11 is 0. The van der Waals surface area contributed by atoms with Gasteiger partial charge in [-0.1, -0.05) is 36.4 Å². The van der Waals surface area contributed by atoms with Crippen LogP contribution in [0.1, 0.15) is 43.4 Å². The minimum absolute atomic E-state index is 0.0881. The Hall–Kier alpha value is -3.35. The van der Waals surface area contributed by atoms with Crippen LogP contribution in [0.5, 0.6) is 5.75 Å². The van der Waals surface area contributed by atoms with E-state index in [-0.39, 0.29) is 37.4 Å². The van der Waals surface area contributed by atoms with Crippen LogP contribution in [-0.4, -0.2) is 37.0 Å². The number of amides is 2. The first-order valence-corrected chi connectivity index (χ1v) is 10.6. The maximum atomic E-state index is 12.7. The zero-order chi connectivity index (χ0) is 21.8. The van der Waals surface area contributed by atoms with Gasteiger partial charge in [-0.25, -0.2) is 0 Å². The Labute approximate surface area is 181 Å². The fraction of sp³-hybridized carbons (Fsp3) is 0.375. The SMILES string of the molecule is C[C@H](OC(=O)CN1C(=O)CCOc2ccccc21)C(=O)N[C@@H]1CCCc2ccccc21. The highest BCUT2D eigenvalue weighted by atomic mass is 16.5. The molecule has 0 fully saturated rings. The number of para-hydroxylation sites is 2. The first-order chi connectivity index (χ1) is 15.0. The zero-order valence-electron chi connectivity index (χ0n) is 17.5. The normalized spacial score (nSPS) is 18.7. The van der Waals surface area contributed by atoms with E-state index in [1.165, 1.54) is 10.5 Å². The number of aryl methyl sites for hydroxylation is 1. The minimum atomic E-state index is -0.963. The van der Waals surface area contributed by atoms with Crippen molar-refractivity contribution in [2.75, 3.05) is 18.1 Å². The molecule has 7 nitrogen and oxygen atoms in total. The van der Waals surface area contributed by atoms with Crippen molar-refractivity contribution in [1.82, 2.24) is 5.32 Å². The van der Waals surface area contributed by atoms with Crippen molar-refractivity contribution in [2.24, 2.45) is 0 Å². The van der Waals surface area contributed by atoms with E-state index in [1.807, 2.05) is 18.2 Å². The molecule has 2 aromatic rings. The molecule has 1 heterocycles. The first kappa shape index (κ1) is 20.9. The van der Waals surface area contributed by atoms with E-state index >= 15 is 0 Å². The number of fused-ring (bicyclic) bond motifs is 2. The number of rotatable bonds is 5. The summed E-state index contributed by atoms with van der Waals surface area (Å²) in [7, 11) is 0. The number of esters is 1. The summed E-state index contributed by atoms with van der Waals surface area (Å²) in [5, 5.41) is 3.00. The molecular formula is C24H26N2O5. The van der Waals surface area contributed by atoms with Gasteiger partial charge in [-0.05, 0) is 49.4 Å². The van der Waals surface area contributed by atoms with E-state index in [0.29, 0.717) is 11.4 Å². The number of benzene rings is 2. The van der Waals surface area contributed by atoms with E-state index < -0.39 is 12.1 Å². The zero-order valence-corrected chi connectivity index (χ0v) is 17.5. The molecule has 0 saturated carbocycles. The van der Waals surface area contributed by atoms with E-state index in [1.54, 1.807) is 31.2 Å². The van der Waals surface area contributed by atoms with Crippen LogP contribution in [0.15, 0.2) is 48.5 Å². The summed E-state index contributed by atoms with van der Waals surface area (Å²) in [5.41, 5.74) is 2.88. The Morgan fingerprint density at radius 1 is 1.16 bits per heavy atom. The molecule has 1 N–H and O–H groups in total. The lowest BCUT2D eigenvalue weighted by Crippen LogP contribution is -2.42. The highest BCUT2D eigenvalue weighted by molar-refractivity contribution is 5.99. The number of carbonyl (C=O) groups excluding carboxylic acids is 3. The molecule has 162 valence electrons. The van der Waals surface area contributed by atoms with Gasteiger partial charge in [0.25, 0.3) is 5.91 Å². The summed E-state index contributed by atoms with van der Waals surface area (Å²) in [4.78, 5) is 39.0. The van der Waals surface area contributed by atoms with E-state index in [2.05, 4.69) is 11.4 Å². The second-order valence-electron chi connectivity index (χ2n) is 7.83. The Kier molecular flexibility index (Phi) is 6.21. The molecular weight excluding hydrogens is 396 g/mol. The van der Waals surface area contributed by atoms with Crippen molar-refractivity contribution in [3.8, 4) is 5.75 Å². The van der Waals surface area contributed by atoms with Crippen molar-refractivity contribution in [2.45, 2.75) is 44.8 Å². The minimum Gasteiger partial charge on any atom is -0.491 e. The van der Waals surface area contributed by atoms with Crippen LogP contribution in [0.3, 0.4) is 0 Å². The van der Waals surface area contributed by atoms with Gasteiger partial charge in [0, 0.05) is 0 Å². The van der Waals surface area contributed by atoms with E-state index in [0.717, 1.165) is 24.8 Å². The molecule has 0 spiro atoms. The summed E-state index contributed by atoms with van der Waals surface area (Å²) in [6.07, 6.45) is 2.05. The lowest BCUT2D eigenvalue weighted by molar-refractivity contribution is -0.154. The van der Waals surface area contributed by atoms with Gasteiger partial charge in [0.05, 0.1) is 24.8 Å². The van der Waals surface area contributed by atoms with Crippen LogP contribution in [0.25, 0.3) is 0 Å². The number of nitrogens with one attached hydrogen (secondary N) is 1. The molecule has 2 amide bonds. The second kappa shape index (κ2) is 9.20. The maximum Gasteiger partial charge on any atom is 0.326 e. The molecule has 0 aromatic heterocycles. The number of carbonyl (C=O) groups is 3. The Balaban J connectivity index is 1.38. The molecule has 7 heteroatoms. The molecule has 2 aliphatic rings. The fourth-order valence-electron chi connectivity index (χ4n) is 4.10. The van der Waals surface area contributed by atoms with Crippen molar-refractivity contribution in [3.63, 3.8) is 0 Å². The number of nitrogens with zero attached hydrogens (tertiary/aromatic N) is 1. The third kappa shape index (κ3) is 4.71. The molecule has 2 atom stereocenters. The number of hydrogen-bond donors (Lipinski definition) is 1. The van der Waals surface area contributed by atoms with Crippen molar-refractivity contribution in [1.29, 1.82) is 0 Å². The standard InChI is InChI=1S/C24H26N2O5/c1-16(24(29)25-19-10-6-8-17-7-2-3-9-18(17)19)31-23(28)15-26-20-11-4-5-12-21(20)30-14-13-22(26)27/h2-5,7,9,11-12,16,19H,6,8,10,13-15H2,1H3,(H,25,29)/t16-,19+/m0/s1. The monoisotopic (exact) mass is 422 g/mol. The molecule has 4 rings (SSSR count). The number of anilines is 1. The van der Waals surface area contributed by atoms with E-state index in [4.69, 9.17) is 9.47 Å². The molecule has 0 unspecified atom stereocenters. The average Bonchev–Trinajstić information content (AvgIpc) is 2.93. The van der Waals surface area contributed by atoms with Gasteiger partial charge in [-0.2, -0.15) is 0 Å². The highest BCUT2D eigenvalue weighted by Crippen LogP contribution is 2.31.